The second kappa shape index (κ2) is 8.71. The molecular weight excluding hydrogens is 358 g/mol. The third kappa shape index (κ3) is 4.76. The standard InChI is InChI=1S/C21H16ClN5/c22-19-12-16(3-4-17(19)14-23)20(24)7-9-25-10-11-26-18-6-5-15-2-1-8-27-21(15)13-18/h1-6,8,12-13,24-26H,10-11H2. The lowest BCUT2D eigenvalue weighted by Crippen LogP contribution is -2.18. The lowest BCUT2D eigenvalue weighted by molar-refractivity contribution is 0.895. The van der Waals surface area contributed by atoms with Gasteiger partial charge >= 0.3 is 0 Å². The topological polar surface area (TPSA) is 84.6 Å². The second-order valence-electron chi connectivity index (χ2n) is 5.70. The van der Waals surface area contributed by atoms with E-state index in [4.69, 9.17) is 22.3 Å². The van der Waals surface area contributed by atoms with Crippen LogP contribution in [0.5, 0.6) is 0 Å². The summed E-state index contributed by atoms with van der Waals surface area (Å²) in [5, 5.41) is 24.5. The average molecular weight is 374 g/mol. The van der Waals surface area contributed by atoms with Gasteiger partial charge in [-0.05, 0) is 36.3 Å². The third-order valence-corrected chi connectivity index (χ3v) is 4.15. The fraction of sp³-hybridized carbons (Fsp3) is 0.0952. The minimum Gasteiger partial charge on any atom is -0.383 e. The van der Waals surface area contributed by atoms with Crippen molar-refractivity contribution in [2.75, 3.05) is 18.4 Å². The van der Waals surface area contributed by atoms with Gasteiger partial charge in [-0.25, -0.2) is 0 Å². The van der Waals surface area contributed by atoms with E-state index in [2.05, 4.69) is 27.6 Å². The van der Waals surface area contributed by atoms with Gasteiger partial charge in [0.15, 0.2) is 0 Å². The predicted octanol–water partition coefficient (Wildman–Crippen LogP) is 3.79. The number of benzene rings is 2. The molecule has 2 aromatic carbocycles. The van der Waals surface area contributed by atoms with Crippen LogP contribution in [0.15, 0.2) is 54.7 Å². The monoisotopic (exact) mass is 373 g/mol. The lowest BCUT2D eigenvalue weighted by Gasteiger charge is -2.06. The first-order chi connectivity index (χ1) is 13.2. The first-order valence-corrected chi connectivity index (χ1v) is 8.66. The smallest absolute Gasteiger partial charge is 0.113 e. The maximum absolute atomic E-state index is 8.87. The van der Waals surface area contributed by atoms with E-state index in [0.717, 1.165) is 16.6 Å². The zero-order valence-corrected chi connectivity index (χ0v) is 15.1. The summed E-state index contributed by atoms with van der Waals surface area (Å²) < 4.78 is 0. The van der Waals surface area contributed by atoms with Crippen LogP contribution in [0.4, 0.5) is 5.69 Å². The normalized spacial score (nSPS) is 9.78. The fourth-order valence-corrected chi connectivity index (χ4v) is 2.67. The van der Waals surface area contributed by atoms with E-state index in [1.165, 1.54) is 0 Å². The van der Waals surface area contributed by atoms with Crippen molar-refractivity contribution in [3.8, 4) is 18.0 Å². The summed E-state index contributed by atoms with van der Waals surface area (Å²) in [7, 11) is 0. The largest absolute Gasteiger partial charge is 0.383 e. The Morgan fingerprint density at radius 2 is 2.04 bits per heavy atom. The predicted molar refractivity (Wildman–Crippen MR) is 109 cm³/mol. The fourth-order valence-electron chi connectivity index (χ4n) is 2.45. The maximum atomic E-state index is 8.87. The van der Waals surface area contributed by atoms with Crippen LogP contribution in [0.25, 0.3) is 10.9 Å². The Balaban J connectivity index is 1.48. The van der Waals surface area contributed by atoms with Crippen molar-refractivity contribution in [1.82, 2.24) is 10.3 Å². The van der Waals surface area contributed by atoms with Gasteiger partial charge in [0.2, 0.25) is 0 Å². The van der Waals surface area contributed by atoms with Crippen LogP contribution in [0.3, 0.4) is 0 Å². The highest BCUT2D eigenvalue weighted by Gasteiger charge is 2.03. The summed E-state index contributed by atoms with van der Waals surface area (Å²) in [6.45, 7) is 1.30. The summed E-state index contributed by atoms with van der Waals surface area (Å²) in [5.41, 5.74) is 3.05. The van der Waals surface area contributed by atoms with E-state index in [-0.39, 0.29) is 5.71 Å². The molecule has 0 spiro atoms. The van der Waals surface area contributed by atoms with Crippen molar-refractivity contribution >= 4 is 33.9 Å². The molecule has 0 radical (unpaired) electrons. The van der Waals surface area contributed by atoms with E-state index in [1.807, 2.05) is 36.4 Å². The Kier molecular flexibility index (Phi) is 5.89. The van der Waals surface area contributed by atoms with E-state index in [1.54, 1.807) is 24.4 Å². The van der Waals surface area contributed by atoms with Crippen molar-refractivity contribution < 1.29 is 0 Å². The number of fused-ring (bicyclic) bond motifs is 1. The van der Waals surface area contributed by atoms with Crippen molar-refractivity contribution in [3.63, 3.8) is 0 Å². The first-order valence-electron chi connectivity index (χ1n) is 8.28. The van der Waals surface area contributed by atoms with Gasteiger partial charge in [-0.2, -0.15) is 5.26 Å². The molecule has 0 fully saturated rings. The molecule has 0 aliphatic rings. The molecule has 3 N–H and O–H groups in total. The number of nitrogens with zero attached hydrogens (tertiary/aromatic N) is 2. The van der Waals surface area contributed by atoms with E-state index in [9.17, 15) is 0 Å². The van der Waals surface area contributed by atoms with Crippen molar-refractivity contribution in [3.05, 3.63) is 70.9 Å². The number of aromatic nitrogens is 1. The summed E-state index contributed by atoms with van der Waals surface area (Å²) >= 11 is 5.98. The summed E-state index contributed by atoms with van der Waals surface area (Å²) in [5.74, 6) is 2.73. The van der Waals surface area contributed by atoms with Crippen molar-refractivity contribution in [2.24, 2.45) is 0 Å². The van der Waals surface area contributed by atoms with Crippen molar-refractivity contribution in [1.29, 1.82) is 10.7 Å². The molecule has 0 aliphatic carbocycles. The van der Waals surface area contributed by atoms with Gasteiger partial charge < -0.3 is 10.6 Å². The Labute approximate surface area is 162 Å². The Bertz CT molecular complexity index is 1090. The van der Waals surface area contributed by atoms with Gasteiger partial charge in [-0.3, -0.25) is 10.4 Å². The Morgan fingerprint density at radius 3 is 2.85 bits per heavy atom. The molecule has 0 aliphatic heterocycles. The van der Waals surface area contributed by atoms with Crippen LogP contribution >= 0.6 is 11.6 Å². The molecule has 0 unspecified atom stereocenters. The number of rotatable bonds is 5. The number of hydrogen-bond acceptors (Lipinski definition) is 5. The number of anilines is 1. The van der Waals surface area contributed by atoms with E-state index >= 15 is 0 Å². The molecule has 0 amide bonds. The van der Waals surface area contributed by atoms with Gasteiger partial charge in [0.25, 0.3) is 0 Å². The van der Waals surface area contributed by atoms with Crippen LogP contribution in [0.2, 0.25) is 5.02 Å². The lowest BCUT2D eigenvalue weighted by atomic mass is 10.1. The maximum Gasteiger partial charge on any atom is 0.113 e. The molecule has 1 aromatic heterocycles. The minimum absolute atomic E-state index is 0.141. The molecule has 0 atom stereocenters. The molecule has 3 rings (SSSR count). The average Bonchev–Trinajstić information content (AvgIpc) is 2.70. The van der Waals surface area contributed by atoms with Crippen LogP contribution in [-0.2, 0) is 0 Å². The number of halogens is 1. The summed E-state index contributed by atoms with van der Waals surface area (Å²) in [6.07, 6.45) is 1.78. The SMILES string of the molecule is N#Cc1ccc(C(=N)C#CNCCNc2ccc3cccnc3c2)cc1Cl. The quantitative estimate of drug-likeness (QED) is 0.275. The highest BCUT2D eigenvalue weighted by molar-refractivity contribution is 6.32. The molecule has 0 bridgehead atoms. The highest BCUT2D eigenvalue weighted by atomic mass is 35.5. The number of pyridine rings is 1. The summed E-state index contributed by atoms with van der Waals surface area (Å²) in [6, 6.07) is 19.6. The molecule has 0 saturated carbocycles. The molecule has 132 valence electrons. The van der Waals surface area contributed by atoms with Crippen LogP contribution < -0.4 is 10.6 Å². The zero-order chi connectivity index (χ0) is 19.1. The first kappa shape index (κ1) is 18.3. The molecule has 1 heterocycles. The molecular formula is C21H16ClN5. The van der Waals surface area contributed by atoms with Crippen LogP contribution in [0, 0.1) is 28.7 Å². The van der Waals surface area contributed by atoms with E-state index in [0.29, 0.717) is 29.2 Å². The van der Waals surface area contributed by atoms with Crippen LogP contribution in [-0.4, -0.2) is 23.8 Å². The van der Waals surface area contributed by atoms with Crippen LogP contribution in [0.1, 0.15) is 11.1 Å². The van der Waals surface area contributed by atoms with Gasteiger partial charge in [0.1, 0.15) is 11.8 Å². The molecule has 0 saturated heterocycles. The highest BCUT2D eigenvalue weighted by Crippen LogP contribution is 2.17. The van der Waals surface area contributed by atoms with Gasteiger partial charge in [-0.15, -0.1) is 0 Å². The third-order valence-electron chi connectivity index (χ3n) is 3.84. The number of nitrogens with one attached hydrogen (secondary N) is 3. The Morgan fingerprint density at radius 1 is 1.15 bits per heavy atom. The second-order valence-corrected chi connectivity index (χ2v) is 6.10. The molecule has 27 heavy (non-hydrogen) atoms. The number of nitriles is 1. The van der Waals surface area contributed by atoms with Gasteiger partial charge in [-0.1, -0.05) is 29.8 Å². The molecule has 3 aromatic rings. The minimum atomic E-state index is 0.141. The van der Waals surface area contributed by atoms with Gasteiger partial charge in [0.05, 0.1) is 16.1 Å². The molecule has 6 heteroatoms. The van der Waals surface area contributed by atoms with Gasteiger partial charge in [0, 0.05) is 42.0 Å². The molecule has 5 nitrogen and oxygen atoms in total. The van der Waals surface area contributed by atoms with Crippen molar-refractivity contribution in [2.45, 2.75) is 0 Å². The van der Waals surface area contributed by atoms with E-state index < -0.39 is 0 Å². The Hall–Kier alpha value is -3.54. The zero-order valence-electron chi connectivity index (χ0n) is 14.4. The number of hydrogen-bond donors (Lipinski definition) is 3. The summed E-state index contributed by atoms with van der Waals surface area (Å²) in [4.78, 5) is 4.34.